The zero-order valence-electron chi connectivity index (χ0n) is 20.7. The number of piperazine rings is 1. The first-order valence-corrected chi connectivity index (χ1v) is 12.7. The molecular weight excluding hydrogens is 468 g/mol. The molecule has 8 heteroatoms. The van der Waals surface area contributed by atoms with E-state index in [-0.39, 0.29) is 13.0 Å². The third kappa shape index (κ3) is 5.93. The molecule has 4 aromatic rings. The Kier molecular flexibility index (Phi) is 7.67. The van der Waals surface area contributed by atoms with E-state index >= 15 is 0 Å². The summed E-state index contributed by atoms with van der Waals surface area (Å²) in [6.07, 6.45) is 1.05. The van der Waals surface area contributed by atoms with Crippen LogP contribution in [0.25, 0.3) is 21.7 Å². The lowest BCUT2D eigenvalue weighted by Gasteiger charge is -2.29. The quantitative estimate of drug-likeness (QED) is 0.298. The third-order valence-electron chi connectivity index (χ3n) is 6.85. The molecule has 1 fully saturated rings. The average molecular weight is 501 g/mol. The highest BCUT2D eigenvalue weighted by atomic mass is 16.6. The number of aromatic nitrogens is 1. The molecule has 0 bridgehead atoms. The van der Waals surface area contributed by atoms with Gasteiger partial charge in [0.25, 0.3) is 5.91 Å². The van der Waals surface area contributed by atoms with Crippen molar-refractivity contribution in [3.63, 3.8) is 0 Å². The third-order valence-corrected chi connectivity index (χ3v) is 6.85. The first kappa shape index (κ1) is 24.8. The summed E-state index contributed by atoms with van der Waals surface area (Å²) < 4.78 is 5.78. The van der Waals surface area contributed by atoms with E-state index in [1.54, 1.807) is 4.90 Å². The highest BCUT2D eigenvalue weighted by Gasteiger charge is 2.29. The van der Waals surface area contributed by atoms with Gasteiger partial charge in [-0.3, -0.25) is 4.79 Å². The molecule has 1 aliphatic rings. The number of amides is 2. The molecule has 2 atom stereocenters. The maximum absolute atomic E-state index is 13.5. The first-order valence-electron chi connectivity index (χ1n) is 12.7. The molecule has 2 unspecified atom stereocenters. The van der Waals surface area contributed by atoms with Crippen LogP contribution in [0.2, 0.25) is 0 Å². The van der Waals surface area contributed by atoms with Crippen LogP contribution in [-0.2, 0) is 22.4 Å². The highest BCUT2D eigenvalue weighted by Crippen LogP contribution is 2.20. The van der Waals surface area contributed by atoms with Gasteiger partial charge in [-0.15, -0.1) is 0 Å². The Balaban J connectivity index is 1.33. The van der Waals surface area contributed by atoms with Crippen LogP contribution in [0.5, 0.6) is 0 Å². The number of aliphatic hydroxyl groups is 1. The van der Waals surface area contributed by atoms with E-state index in [1.165, 1.54) is 0 Å². The number of nitrogens with zero attached hydrogens (tertiary/aromatic N) is 1. The monoisotopic (exact) mass is 500 g/mol. The van der Waals surface area contributed by atoms with Gasteiger partial charge in [0.1, 0.15) is 0 Å². The number of nitrogens with one attached hydrogen (secondary N) is 3. The molecule has 0 aliphatic carbocycles. The van der Waals surface area contributed by atoms with Crippen molar-refractivity contribution in [2.75, 3.05) is 32.8 Å². The van der Waals surface area contributed by atoms with E-state index in [9.17, 15) is 14.7 Å². The number of rotatable bonds is 8. The van der Waals surface area contributed by atoms with Gasteiger partial charge in [-0.05, 0) is 34.4 Å². The van der Waals surface area contributed by atoms with Gasteiger partial charge in [0.15, 0.2) is 6.10 Å². The van der Waals surface area contributed by atoms with Crippen LogP contribution in [0, 0.1) is 0 Å². The van der Waals surface area contributed by atoms with Crippen molar-refractivity contribution in [2.45, 2.75) is 25.0 Å². The molecule has 0 radical (unpaired) electrons. The number of fused-ring (bicyclic) bond motifs is 2. The normalized spacial score (nSPS) is 15.4. The summed E-state index contributed by atoms with van der Waals surface area (Å²) in [7, 11) is 0. The van der Waals surface area contributed by atoms with Gasteiger partial charge in [-0.1, -0.05) is 60.7 Å². The fraction of sp³-hybridized carbons (Fsp3) is 0.310. The molecule has 1 aliphatic heterocycles. The van der Waals surface area contributed by atoms with Crippen LogP contribution in [-0.4, -0.2) is 71.9 Å². The Morgan fingerprint density at radius 2 is 1.73 bits per heavy atom. The molecule has 8 nitrogen and oxygen atoms in total. The van der Waals surface area contributed by atoms with Crippen molar-refractivity contribution in [2.24, 2.45) is 0 Å². The van der Waals surface area contributed by atoms with Gasteiger partial charge < -0.3 is 30.4 Å². The summed E-state index contributed by atoms with van der Waals surface area (Å²) in [4.78, 5) is 31.2. The zero-order chi connectivity index (χ0) is 25.6. The Morgan fingerprint density at radius 3 is 2.54 bits per heavy atom. The maximum Gasteiger partial charge on any atom is 0.410 e. The number of hydrogen-bond acceptors (Lipinski definition) is 5. The Morgan fingerprint density at radius 1 is 0.973 bits per heavy atom. The molecule has 0 saturated carbocycles. The average Bonchev–Trinajstić information content (AvgIpc) is 3.35. The van der Waals surface area contributed by atoms with Gasteiger partial charge in [-0.2, -0.15) is 0 Å². The standard InChI is InChI=1S/C29H32N4O4/c34-19-24(17-23-18-31-26-8-4-3-7-25(23)26)32-28(35)27(37-29(36)33-13-11-30-12-14-33)16-20-9-10-21-5-1-2-6-22(21)15-20/h1-10,15,18,24,27,30-31,34H,11-14,16-17,19H2,(H,32,35). The zero-order valence-corrected chi connectivity index (χ0v) is 20.7. The molecule has 1 saturated heterocycles. The molecule has 2 heterocycles. The second-order valence-electron chi connectivity index (χ2n) is 9.45. The number of aromatic amines is 1. The Bertz CT molecular complexity index is 1380. The van der Waals surface area contributed by atoms with Crippen LogP contribution in [0.15, 0.2) is 72.9 Å². The van der Waals surface area contributed by atoms with Crippen molar-refractivity contribution in [1.29, 1.82) is 0 Å². The van der Waals surface area contributed by atoms with Crippen LogP contribution in [0.4, 0.5) is 4.79 Å². The second-order valence-corrected chi connectivity index (χ2v) is 9.45. The lowest BCUT2D eigenvalue weighted by Crippen LogP contribution is -2.50. The summed E-state index contributed by atoms with van der Waals surface area (Å²) in [6, 6.07) is 21.4. The topological polar surface area (TPSA) is 107 Å². The fourth-order valence-corrected chi connectivity index (χ4v) is 4.83. The van der Waals surface area contributed by atoms with Crippen LogP contribution < -0.4 is 10.6 Å². The lowest BCUT2D eigenvalue weighted by molar-refractivity contribution is -0.131. The van der Waals surface area contributed by atoms with Crippen molar-refractivity contribution in [3.05, 3.63) is 84.1 Å². The number of ether oxygens (including phenoxy) is 1. The largest absolute Gasteiger partial charge is 0.436 e. The smallest absolute Gasteiger partial charge is 0.410 e. The Hall–Kier alpha value is -3.88. The Labute approximate surface area is 215 Å². The molecule has 192 valence electrons. The van der Waals surface area contributed by atoms with Crippen molar-refractivity contribution < 1.29 is 19.4 Å². The summed E-state index contributed by atoms with van der Waals surface area (Å²) in [6.45, 7) is 2.20. The van der Waals surface area contributed by atoms with Crippen LogP contribution in [0.1, 0.15) is 11.1 Å². The molecule has 0 spiro atoms. The highest BCUT2D eigenvalue weighted by molar-refractivity contribution is 5.86. The number of aliphatic hydroxyl groups excluding tert-OH is 1. The van der Waals surface area contributed by atoms with Gasteiger partial charge in [0.2, 0.25) is 0 Å². The van der Waals surface area contributed by atoms with E-state index in [0.29, 0.717) is 32.6 Å². The first-order chi connectivity index (χ1) is 18.1. The predicted molar refractivity (Wildman–Crippen MR) is 143 cm³/mol. The van der Waals surface area contributed by atoms with Gasteiger partial charge in [0, 0.05) is 49.7 Å². The molecule has 4 N–H and O–H groups in total. The SMILES string of the molecule is O=C(NC(CO)Cc1c[nH]c2ccccc12)C(Cc1ccc2ccccc2c1)OC(=O)N1CCNCC1. The molecular formula is C29H32N4O4. The minimum Gasteiger partial charge on any atom is -0.436 e. The lowest BCUT2D eigenvalue weighted by atomic mass is 10.0. The van der Waals surface area contributed by atoms with Gasteiger partial charge in [0.05, 0.1) is 12.6 Å². The summed E-state index contributed by atoms with van der Waals surface area (Å²) in [5.41, 5.74) is 2.89. The molecule has 2 amide bonds. The van der Waals surface area contributed by atoms with E-state index < -0.39 is 24.1 Å². The minimum absolute atomic E-state index is 0.236. The number of carbonyl (C=O) groups excluding carboxylic acids is 2. The van der Waals surface area contributed by atoms with E-state index in [1.807, 2.05) is 72.9 Å². The predicted octanol–water partition coefficient (Wildman–Crippen LogP) is 2.99. The van der Waals surface area contributed by atoms with Crippen molar-refractivity contribution >= 4 is 33.7 Å². The van der Waals surface area contributed by atoms with E-state index in [4.69, 9.17) is 4.74 Å². The van der Waals surface area contributed by atoms with Gasteiger partial charge in [-0.25, -0.2) is 4.79 Å². The van der Waals surface area contributed by atoms with Crippen LogP contribution >= 0.6 is 0 Å². The minimum atomic E-state index is -1.03. The second kappa shape index (κ2) is 11.5. The maximum atomic E-state index is 13.5. The van der Waals surface area contributed by atoms with Gasteiger partial charge >= 0.3 is 6.09 Å². The van der Waals surface area contributed by atoms with E-state index in [2.05, 4.69) is 15.6 Å². The summed E-state index contributed by atoms with van der Waals surface area (Å²) in [5.74, 6) is -0.421. The molecule has 37 heavy (non-hydrogen) atoms. The van der Waals surface area contributed by atoms with Crippen LogP contribution in [0.3, 0.4) is 0 Å². The summed E-state index contributed by atoms with van der Waals surface area (Å²) >= 11 is 0. The van der Waals surface area contributed by atoms with E-state index in [0.717, 1.165) is 32.8 Å². The van der Waals surface area contributed by atoms with Crippen molar-refractivity contribution in [3.8, 4) is 0 Å². The molecule has 3 aromatic carbocycles. The number of hydrogen-bond donors (Lipinski definition) is 4. The molecule has 5 rings (SSSR count). The number of para-hydroxylation sites is 1. The van der Waals surface area contributed by atoms with Crippen molar-refractivity contribution in [1.82, 2.24) is 20.5 Å². The summed E-state index contributed by atoms with van der Waals surface area (Å²) in [5, 5.41) is 19.4. The fourth-order valence-electron chi connectivity index (χ4n) is 4.83. The number of benzene rings is 3. The number of H-pyrrole nitrogens is 1. The molecule has 1 aromatic heterocycles. The number of carbonyl (C=O) groups is 2.